The van der Waals surface area contributed by atoms with Gasteiger partial charge in [0.25, 0.3) is 5.91 Å². The van der Waals surface area contributed by atoms with Gasteiger partial charge in [-0.3, -0.25) is 20.0 Å². The molecule has 202 valence electrons. The predicted molar refractivity (Wildman–Crippen MR) is 143 cm³/mol. The molecule has 0 aliphatic carbocycles. The zero-order chi connectivity index (χ0) is 27.9. The zero-order valence-corrected chi connectivity index (χ0v) is 21.9. The van der Waals surface area contributed by atoms with Crippen LogP contribution < -0.4 is 10.1 Å². The summed E-state index contributed by atoms with van der Waals surface area (Å²) in [7, 11) is 0. The van der Waals surface area contributed by atoms with Gasteiger partial charge in [0.15, 0.2) is 12.4 Å². The molecule has 1 amide bonds. The molecule has 9 nitrogen and oxygen atoms in total. The summed E-state index contributed by atoms with van der Waals surface area (Å²) in [5.41, 5.74) is 0.789. The number of aromatic nitrogens is 1. The molecule has 2 aromatic carbocycles. The molecule has 4 rings (SSSR count). The number of halogens is 2. The minimum Gasteiger partial charge on any atom is -0.482 e. The number of pyridine rings is 1. The average Bonchev–Trinajstić information content (AvgIpc) is 2.88. The van der Waals surface area contributed by atoms with Crippen LogP contribution in [0, 0.1) is 11.2 Å². The third kappa shape index (κ3) is 6.97. The number of anilines is 1. The maximum absolute atomic E-state index is 14.9. The van der Waals surface area contributed by atoms with E-state index in [9.17, 15) is 18.8 Å². The van der Waals surface area contributed by atoms with Crippen molar-refractivity contribution in [3.05, 3.63) is 88.0 Å². The number of hydrogen-bond acceptors (Lipinski definition) is 7. The summed E-state index contributed by atoms with van der Waals surface area (Å²) in [5, 5.41) is 11.2. The second-order valence-electron chi connectivity index (χ2n) is 8.71. The molecule has 1 aromatic heterocycles. The van der Waals surface area contributed by atoms with Gasteiger partial charge in [-0.05, 0) is 55.8 Å². The Labute approximate surface area is 229 Å². The second-order valence-corrected chi connectivity index (χ2v) is 9.14. The van der Waals surface area contributed by atoms with Crippen molar-refractivity contribution < 1.29 is 28.2 Å². The first-order chi connectivity index (χ1) is 18.7. The highest BCUT2D eigenvalue weighted by atomic mass is 35.5. The molecule has 3 aromatic rings. The summed E-state index contributed by atoms with van der Waals surface area (Å²) >= 11 is 5.88. The van der Waals surface area contributed by atoms with E-state index in [0.29, 0.717) is 16.3 Å². The van der Waals surface area contributed by atoms with Crippen molar-refractivity contribution in [2.24, 2.45) is 0 Å². The molecular formula is C28H26ClFN4O5. The normalized spacial score (nSPS) is 12.3. The summed E-state index contributed by atoms with van der Waals surface area (Å²) in [5.74, 6) is -2.13. The first kappa shape index (κ1) is 27.7. The lowest BCUT2D eigenvalue weighted by molar-refractivity contribution is -0.145. The van der Waals surface area contributed by atoms with Gasteiger partial charge in [-0.25, -0.2) is 9.18 Å². The SMILES string of the molecule is CCOC(=O)COc1ccc(NC(=O)c2ccc(C(=N)N3CCC3)cc2F)c(C(=O)Cc2ccc(Cl)cn2)c1. The van der Waals surface area contributed by atoms with E-state index in [1.54, 1.807) is 19.1 Å². The monoisotopic (exact) mass is 552 g/mol. The van der Waals surface area contributed by atoms with Gasteiger partial charge in [0, 0.05) is 36.1 Å². The van der Waals surface area contributed by atoms with Crippen molar-refractivity contribution in [1.29, 1.82) is 5.41 Å². The molecule has 0 unspecified atom stereocenters. The molecule has 1 fully saturated rings. The number of nitrogens with one attached hydrogen (secondary N) is 2. The number of nitrogens with zero attached hydrogens (tertiary/aromatic N) is 2. The summed E-state index contributed by atoms with van der Waals surface area (Å²) < 4.78 is 25.2. The Bertz CT molecular complexity index is 1410. The molecule has 2 heterocycles. The Balaban J connectivity index is 1.56. The third-order valence-electron chi connectivity index (χ3n) is 5.99. The number of ketones is 1. The van der Waals surface area contributed by atoms with Gasteiger partial charge in [-0.2, -0.15) is 0 Å². The van der Waals surface area contributed by atoms with E-state index in [1.165, 1.54) is 36.5 Å². The summed E-state index contributed by atoms with van der Waals surface area (Å²) in [6.45, 7) is 2.98. The molecular weight excluding hydrogens is 527 g/mol. The Morgan fingerprint density at radius 1 is 1.10 bits per heavy atom. The fourth-order valence-corrected chi connectivity index (χ4v) is 3.94. The lowest BCUT2D eigenvalue weighted by atomic mass is 10.0. The lowest BCUT2D eigenvalue weighted by Crippen LogP contribution is -2.42. The second kappa shape index (κ2) is 12.5. The van der Waals surface area contributed by atoms with Gasteiger partial charge >= 0.3 is 5.97 Å². The van der Waals surface area contributed by atoms with Gasteiger partial charge in [0.2, 0.25) is 0 Å². The largest absolute Gasteiger partial charge is 0.482 e. The minimum absolute atomic E-state index is 0.0815. The molecule has 2 N–H and O–H groups in total. The maximum atomic E-state index is 14.9. The molecule has 1 aliphatic rings. The van der Waals surface area contributed by atoms with E-state index in [4.69, 9.17) is 26.5 Å². The van der Waals surface area contributed by atoms with Crippen LogP contribution in [0.15, 0.2) is 54.7 Å². The predicted octanol–water partition coefficient (Wildman–Crippen LogP) is 4.52. The number of likely N-dealkylation sites (tertiary alicyclic amines) is 1. The molecule has 0 spiro atoms. The number of ether oxygens (including phenoxy) is 2. The van der Waals surface area contributed by atoms with Crippen molar-refractivity contribution in [2.45, 2.75) is 19.8 Å². The van der Waals surface area contributed by atoms with Crippen LogP contribution in [0.4, 0.5) is 10.1 Å². The van der Waals surface area contributed by atoms with Gasteiger partial charge in [0.1, 0.15) is 17.4 Å². The van der Waals surface area contributed by atoms with Crippen LogP contribution in [0.1, 0.15) is 45.3 Å². The molecule has 11 heteroatoms. The number of amides is 1. The van der Waals surface area contributed by atoms with E-state index >= 15 is 0 Å². The highest BCUT2D eigenvalue weighted by Gasteiger charge is 2.22. The van der Waals surface area contributed by atoms with Gasteiger partial charge in [-0.15, -0.1) is 0 Å². The van der Waals surface area contributed by atoms with E-state index in [0.717, 1.165) is 25.6 Å². The van der Waals surface area contributed by atoms with Gasteiger partial charge < -0.3 is 19.7 Å². The van der Waals surface area contributed by atoms with Crippen LogP contribution in [0.5, 0.6) is 5.75 Å². The van der Waals surface area contributed by atoms with Crippen LogP contribution in [0.2, 0.25) is 5.02 Å². The van der Waals surface area contributed by atoms with Crippen LogP contribution in [0.3, 0.4) is 0 Å². The fourth-order valence-electron chi connectivity index (χ4n) is 3.83. The van der Waals surface area contributed by atoms with E-state index < -0.39 is 23.5 Å². The molecule has 1 aliphatic heterocycles. The Hall–Kier alpha value is -4.31. The maximum Gasteiger partial charge on any atom is 0.344 e. The number of carbonyl (C=O) groups excluding carboxylic acids is 3. The fraction of sp³-hybridized carbons (Fsp3) is 0.250. The van der Waals surface area contributed by atoms with Crippen LogP contribution >= 0.6 is 11.6 Å². The number of amidine groups is 1. The average molecular weight is 553 g/mol. The van der Waals surface area contributed by atoms with Crippen molar-refractivity contribution in [3.8, 4) is 5.75 Å². The highest BCUT2D eigenvalue weighted by molar-refractivity contribution is 6.30. The smallest absolute Gasteiger partial charge is 0.344 e. The minimum atomic E-state index is -0.789. The summed E-state index contributed by atoms with van der Waals surface area (Å²) in [4.78, 5) is 43.9. The number of carbonyl (C=O) groups is 3. The van der Waals surface area contributed by atoms with Crippen molar-refractivity contribution in [3.63, 3.8) is 0 Å². The van der Waals surface area contributed by atoms with Crippen molar-refractivity contribution >= 4 is 40.8 Å². The Morgan fingerprint density at radius 2 is 1.90 bits per heavy atom. The number of hydrogen-bond donors (Lipinski definition) is 2. The first-order valence-electron chi connectivity index (χ1n) is 12.3. The number of rotatable bonds is 10. The van der Waals surface area contributed by atoms with E-state index in [2.05, 4.69) is 10.3 Å². The topological polar surface area (TPSA) is 122 Å². The Morgan fingerprint density at radius 3 is 2.54 bits per heavy atom. The highest BCUT2D eigenvalue weighted by Crippen LogP contribution is 2.26. The standard InChI is InChI=1S/C28H26ClFN4O5/c1-2-38-26(36)16-39-20-7-9-24(22(14-20)25(35)13-19-6-5-18(29)15-32-19)33-28(37)21-8-4-17(12-23(21)30)27(31)34-10-3-11-34/h4-9,12,14-15,31H,2-3,10-11,13,16H2,1H3,(H,33,37). The number of esters is 1. The molecule has 0 atom stereocenters. The van der Waals surface area contributed by atoms with Gasteiger partial charge in [-0.1, -0.05) is 17.7 Å². The lowest BCUT2D eigenvalue weighted by Gasteiger charge is -2.33. The van der Waals surface area contributed by atoms with Crippen molar-refractivity contribution in [2.75, 3.05) is 31.6 Å². The van der Waals surface area contributed by atoms with E-state index in [-0.39, 0.29) is 48.0 Å². The number of Topliss-reactive ketones (excluding diaryl/α,β-unsaturated/α-hetero) is 1. The summed E-state index contributed by atoms with van der Waals surface area (Å²) in [6.07, 6.45) is 2.29. The summed E-state index contributed by atoms with van der Waals surface area (Å²) in [6, 6.07) is 11.5. The molecule has 0 radical (unpaired) electrons. The molecule has 0 saturated carbocycles. The zero-order valence-electron chi connectivity index (χ0n) is 21.1. The molecule has 39 heavy (non-hydrogen) atoms. The molecule has 1 saturated heterocycles. The van der Waals surface area contributed by atoms with Crippen molar-refractivity contribution in [1.82, 2.24) is 9.88 Å². The van der Waals surface area contributed by atoms with Crippen LogP contribution in [0.25, 0.3) is 0 Å². The third-order valence-corrected chi connectivity index (χ3v) is 6.21. The number of benzene rings is 2. The first-order valence-corrected chi connectivity index (χ1v) is 12.6. The van der Waals surface area contributed by atoms with Crippen LogP contribution in [-0.4, -0.2) is 59.7 Å². The quantitative estimate of drug-likeness (QED) is 0.164. The molecule has 0 bridgehead atoms. The van der Waals surface area contributed by atoms with Gasteiger partial charge in [0.05, 0.1) is 29.3 Å². The Kier molecular flexibility index (Phi) is 8.88. The van der Waals surface area contributed by atoms with Crippen LogP contribution in [-0.2, 0) is 16.0 Å². The van der Waals surface area contributed by atoms with E-state index in [1.807, 2.05) is 4.90 Å².